The zero-order chi connectivity index (χ0) is 10.8. The van der Waals surface area contributed by atoms with Gasteiger partial charge in [0.15, 0.2) is 0 Å². The largest absolute Gasteiger partial charge is 0.374 e. The second-order valence-electron chi connectivity index (χ2n) is 4.08. The minimum absolute atomic E-state index is 0.150. The fraction of sp³-hybridized carbons (Fsp3) is 0.500. The number of fused-ring (bicyclic) bond motifs is 1. The van der Waals surface area contributed by atoms with E-state index >= 15 is 0 Å². The molecule has 1 unspecified atom stereocenters. The number of anilines is 1. The van der Waals surface area contributed by atoms with Crippen LogP contribution in [0.2, 0.25) is 0 Å². The zero-order valence-corrected chi connectivity index (χ0v) is 9.23. The van der Waals surface area contributed by atoms with Gasteiger partial charge in [0.05, 0.1) is 0 Å². The molecular formula is C12H16N2O. The Balaban J connectivity index is 2.47. The molecular weight excluding hydrogens is 188 g/mol. The minimum atomic E-state index is -0.150. The van der Waals surface area contributed by atoms with Gasteiger partial charge in [0.2, 0.25) is 0 Å². The van der Waals surface area contributed by atoms with Crippen molar-refractivity contribution in [3.05, 3.63) is 34.2 Å². The molecule has 1 heterocycles. The van der Waals surface area contributed by atoms with Gasteiger partial charge in [-0.3, -0.25) is 0 Å². The molecule has 0 aliphatic carbocycles. The predicted octanol–water partition coefficient (Wildman–Crippen LogP) is 2.90. The van der Waals surface area contributed by atoms with E-state index in [9.17, 15) is 4.91 Å². The molecule has 0 aromatic heterocycles. The highest BCUT2D eigenvalue weighted by molar-refractivity contribution is 5.57. The Morgan fingerprint density at radius 1 is 1.53 bits per heavy atom. The molecule has 3 heteroatoms. The van der Waals surface area contributed by atoms with Crippen LogP contribution in [0.15, 0.2) is 23.4 Å². The van der Waals surface area contributed by atoms with Crippen LogP contribution in [-0.2, 0) is 6.42 Å². The molecule has 0 radical (unpaired) electrons. The lowest BCUT2D eigenvalue weighted by molar-refractivity contribution is 0.612. The van der Waals surface area contributed by atoms with Crippen LogP contribution >= 0.6 is 0 Å². The average Bonchev–Trinajstić information content (AvgIpc) is 2.29. The second kappa shape index (κ2) is 4.01. The van der Waals surface area contributed by atoms with E-state index in [-0.39, 0.29) is 6.04 Å². The number of aryl methyl sites for hydroxylation is 1. The van der Waals surface area contributed by atoms with Crippen molar-refractivity contribution in [3.8, 4) is 0 Å². The first kappa shape index (κ1) is 10.1. The summed E-state index contributed by atoms with van der Waals surface area (Å²) in [6, 6.07) is 6.20. The van der Waals surface area contributed by atoms with E-state index < -0.39 is 0 Å². The maximum atomic E-state index is 10.8. The fourth-order valence-electron chi connectivity index (χ4n) is 2.14. The minimum Gasteiger partial charge on any atom is -0.374 e. The molecule has 2 rings (SSSR count). The highest BCUT2D eigenvalue weighted by Crippen LogP contribution is 2.35. The van der Waals surface area contributed by atoms with Crippen molar-refractivity contribution >= 4 is 5.69 Å². The molecule has 80 valence electrons. The van der Waals surface area contributed by atoms with Crippen molar-refractivity contribution < 1.29 is 0 Å². The van der Waals surface area contributed by atoms with Crippen molar-refractivity contribution in [2.45, 2.75) is 25.8 Å². The first-order chi connectivity index (χ1) is 7.26. The van der Waals surface area contributed by atoms with Crippen LogP contribution in [0, 0.1) is 4.91 Å². The summed E-state index contributed by atoms with van der Waals surface area (Å²) >= 11 is 0. The third-order valence-electron chi connectivity index (χ3n) is 3.14. The van der Waals surface area contributed by atoms with E-state index in [1.165, 1.54) is 5.56 Å². The first-order valence-electron chi connectivity index (χ1n) is 5.42. The average molecular weight is 204 g/mol. The van der Waals surface area contributed by atoms with Gasteiger partial charge < -0.3 is 4.90 Å². The summed E-state index contributed by atoms with van der Waals surface area (Å²) in [4.78, 5) is 13.0. The van der Waals surface area contributed by atoms with Gasteiger partial charge >= 0.3 is 0 Å². The summed E-state index contributed by atoms with van der Waals surface area (Å²) < 4.78 is 0. The van der Waals surface area contributed by atoms with E-state index in [4.69, 9.17) is 0 Å². The van der Waals surface area contributed by atoms with Gasteiger partial charge in [-0.2, -0.15) is 4.91 Å². The number of hydrogen-bond acceptors (Lipinski definition) is 3. The van der Waals surface area contributed by atoms with Gasteiger partial charge in [0.25, 0.3) is 0 Å². The summed E-state index contributed by atoms with van der Waals surface area (Å²) in [5, 5.41) is 3.22. The predicted molar refractivity (Wildman–Crippen MR) is 62.2 cm³/mol. The van der Waals surface area contributed by atoms with Crippen molar-refractivity contribution in [2.24, 2.45) is 5.18 Å². The molecule has 0 spiro atoms. The van der Waals surface area contributed by atoms with E-state index in [1.54, 1.807) is 0 Å². The molecule has 1 aliphatic heterocycles. The molecule has 1 aromatic rings. The molecule has 0 bridgehead atoms. The van der Waals surface area contributed by atoms with Crippen LogP contribution in [-0.4, -0.2) is 13.6 Å². The third kappa shape index (κ3) is 1.74. The molecule has 0 N–H and O–H groups in total. The number of nitrogens with zero attached hydrogens (tertiary/aromatic N) is 2. The van der Waals surface area contributed by atoms with Crippen molar-refractivity contribution in [1.82, 2.24) is 0 Å². The molecule has 3 nitrogen and oxygen atoms in total. The molecule has 1 aromatic carbocycles. The highest BCUT2D eigenvalue weighted by Gasteiger charge is 2.23. The lowest BCUT2D eigenvalue weighted by atomic mass is 9.95. The molecule has 1 aliphatic rings. The molecule has 0 amide bonds. The summed E-state index contributed by atoms with van der Waals surface area (Å²) in [5.41, 5.74) is 3.53. The first-order valence-corrected chi connectivity index (χ1v) is 5.42. The van der Waals surface area contributed by atoms with Crippen LogP contribution < -0.4 is 4.90 Å². The number of nitroso groups, excluding NO2 is 1. The summed E-state index contributed by atoms with van der Waals surface area (Å²) in [6.07, 6.45) is 1.84. The summed E-state index contributed by atoms with van der Waals surface area (Å²) in [5.74, 6) is 0. The Kier molecular flexibility index (Phi) is 2.71. The van der Waals surface area contributed by atoms with Gasteiger partial charge in [-0.15, -0.1) is 0 Å². The molecule has 0 saturated carbocycles. The molecule has 15 heavy (non-hydrogen) atoms. The molecule has 0 saturated heterocycles. The quantitative estimate of drug-likeness (QED) is 0.694. The van der Waals surface area contributed by atoms with Crippen LogP contribution in [0.1, 0.15) is 30.5 Å². The van der Waals surface area contributed by atoms with Crippen LogP contribution in [0.25, 0.3) is 0 Å². The second-order valence-corrected chi connectivity index (χ2v) is 4.08. The van der Waals surface area contributed by atoms with Crippen LogP contribution in [0.4, 0.5) is 5.69 Å². The van der Waals surface area contributed by atoms with Gasteiger partial charge in [0.1, 0.15) is 6.04 Å². The number of rotatable bonds is 2. The highest BCUT2D eigenvalue weighted by atomic mass is 16.3. The SMILES string of the molecule is CCc1ccc2c(c1)C(N=O)CCN2C. The van der Waals surface area contributed by atoms with Gasteiger partial charge in [-0.05, 0) is 24.5 Å². The zero-order valence-electron chi connectivity index (χ0n) is 9.23. The Morgan fingerprint density at radius 2 is 2.33 bits per heavy atom. The maximum absolute atomic E-state index is 10.8. The molecule has 1 atom stereocenters. The van der Waals surface area contributed by atoms with E-state index in [0.29, 0.717) is 0 Å². The Labute approximate surface area is 90.1 Å². The lowest BCUT2D eigenvalue weighted by Gasteiger charge is -2.30. The van der Waals surface area contributed by atoms with Crippen LogP contribution in [0.5, 0.6) is 0 Å². The van der Waals surface area contributed by atoms with Gasteiger partial charge in [0, 0.05) is 24.8 Å². The molecule has 0 fully saturated rings. The van der Waals surface area contributed by atoms with E-state index in [1.807, 2.05) is 0 Å². The number of benzene rings is 1. The third-order valence-corrected chi connectivity index (χ3v) is 3.14. The summed E-state index contributed by atoms with van der Waals surface area (Å²) in [6.45, 7) is 3.03. The Bertz CT molecular complexity index is 376. The Hall–Kier alpha value is -1.38. The van der Waals surface area contributed by atoms with E-state index in [0.717, 1.165) is 30.6 Å². The van der Waals surface area contributed by atoms with Gasteiger partial charge in [-0.1, -0.05) is 24.2 Å². The Morgan fingerprint density at radius 3 is 3.00 bits per heavy atom. The maximum Gasteiger partial charge on any atom is 0.121 e. The fourth-order valence-corrected chi connectivity index (χ4v) is 2.14. The number of hydrogen-bond donors (Lipinski definition) is 0. The van der Waals surface area contributed by atoms with E-state index in [2.05, 4.69) is 42.2 Å². The smallest absolute Gasteiger partial charge is 0.121 e. The topological polar surface area (TPSA) is 32.7 Å². The summed E-state index contributed by atoms with van der Waals surface area (Å²) in [7, 11) is 2.06. The van der Waals surface area contributed by atoms with Crippen molar-refractivity contribution in [1.29, 1.82) is 0 Å². The monoisotopic (exact) mass is 204 g/mol. The van der Waals surface area contributed by atoms with Gasteiger partial charge in [-0.25, -0.2) is 0 Å². The standard InChI is InChI=1S/C12H16N2O/c1-3-9-4-5-12-10(8-9)11(13-15)6-7-14(12)2/h4-5,8,11H,3,6-7H2,1-2H3. The lowest BCUT2D eigenvalue weighted by Crippen LogP contribution is -2.26. The van der Waals surface area contributed by atoms with Crippen LogP contribution in [0.3, 0.4) is 0 Å². The van der Waals surface area contributed by atoms with Crippen molar-refractivity contribution in [2.75, 3.05) is 18.5 Å². The normalized spacial score (nSPS) is 19.9. The van der Waals surface area contributed by atoms with Crippen molar-refractivity contribution in [3.63, 3.8) is 0 Å².